The van der Waals surface area contributed by atoms with Gasteiger partial charge in [0.25, 0.3) is 0 Å². The Balaban J connectivity index is 3.45. The molecule has 0 aliphatic rings. The number of carbonyl (C=O) groups excluding carboxylic acids is 2. The number of hydrogen-bond acceptors (Lipinski definition) is 6. The highest BCUT2D eigenvalue weighted by Crippen LogP contribution is 1.94. The van der Waals surface area contributed by atoms with Gasteiger partial charge in [0.15, 0.2) is 0 Å². The van der Waals surface area contributed by atoms with Crippen LogP contribution in [-0.2, 0) is 14.3 Å². The van der Waals surface area contributed by atoms with Gasteiger partial charge in [-0.15, -0.1) is 0 Å². The molecule has 0 heterocycles. The summed E-state index contributed by atoms with van der Waals surface area (Å²) in [5, 5.41) is 8.83. The Bertz CT molecular complexity index is 363. The van der Waals surface area contributed by atoms with Crippen LogP contribution in [-0.4, -0.2) is 44.9 Å². The van der Waals surface area contributed by atoms with Gasteiger partial charge in [0.1, 0.15) is 13.2 Å². The van der Waals surface area contributed by atoms with Gasteiger partial charge >= 0.3 is 12.1 Å². The third kappa shape index (κ3) is 11.8. The molecule has 1 amide bonds. The van der Waals surface area contributed by atoms with Crippen LogP contribution in [0.3, 0.4) is 0 Å². The Labute approximate surface area is 114 Å². The van der Waals surface area contributed by atoms with Gasteiger partial charge in [-0.3, -0.25) is 4.79 Å². The van der Waals surface area contributed by atoms with Crippen molar-refractivity contribution in [2.75, 3.05) is 32.8 Å². The number of alkyl carbamates (subject to hydrolysis) is 1. The van der Waals surface area contributed by atoms with Crippen LogP contribution in [0, 0.1) is 0 Å². The van der Waals surface area contributed by atoms with Crippen LogP contribution in [0.5, 0.6) is 0 Å². The molecular weight excluding hydrogens is 270 g/mol. The van der Waals surface area contributed by atoms with Crippen molar-refractivity contribution in [3.8, 4) is 0 Å². The first-order chi connectivity index (χ1) is 9.70. The molecule has 0 saturated carbocycles. The molecule has 0 spiro atoms. The molecule has 11 nitrogen and oxygen atoms in total. The first-order valence-corrected chi connectivity index (χ1v) is 5.78. The molecule has 0 radical (unpaired) electrons. The molecule has 11 heteroatoms. The summed E-state index contributed by atoms with van der Waals surface area (Å²) in [6.45, 7) is 0.406. The summed E-state index contributed by atoms with van der Waals surface area (Å²) in [5.41, 5.74) is 16.0. The molecule has 0 aromatic heterocycles. The van der Waals surface area contributed by atoms with Crippen molar-refractivity contribution in [1.82, 2.24) is 5.32 Å². The monoisotopic (exact) mass is 285 g/mol. The lowest BCUT2D eigenvalue weighted by molar-refractivity contribution is -0.144. The molecule has 0 aromatic rings. The van der Waals surface area contributed by atoms with Gasteiger partial charge in [-0.1, -0.05) is 10.2 Å². The van der Waals surface area contributed by atoms with Crippen molar-refractivity contribution >= 4 is 12.1 Å². The highest BCUT2D eigenvalue weighted by atomic mass is 16.6. The van der Waals surface area contributed by atoms with Gasteiger partial charge in [-0.05, 0) is 17.5 Å². The second-order valence-electron chi connectivity index (χ2n) is 3.30. The fourth-order valence-electron chi connectivity index (χ4n) is 1.00. The summed E-state index contributed by atoms with van der Waals surface area (Å²) < 4.78 is 9.46. The van der Waals surface area contributed by atoms with Crippen molar-refractivity contribution in [1.29, 1.82) is 0 Å². The average molecular weight is 285 g/mol. The topological polar surface area (TPSA) is 162 Å². The Morgan fingerprint density at radius 2 is 1.70 bits per heavy atom. The van der Waals surface area contributed by atoms with Crippen molar-refractivity contribution in [3.05, 3.63) is 20.9 Å². The van der Waals surface area contributed by atoms with Gasteiger partial charge in [0, 0.05) is 35.9 Å². The number of carbonyl (C=O) groups is 2. The van der Waals surface area contributed by atoms with Gasteiger partial charge in [-0.25, -0.2) is 4.79 Å². The van der Waals surface area contributed by atoms with E-state index in [4.69, 9.17) is 15.8 Å². The Kier molecular flexibility index (Phi) is 11.1. The minimum Gasteiger partial charge on any atom is -0.462 e. The van der Waals surface area contributed by atoms with Crippen LogP contribution in [0.1, 0.15) is 12.8 Å². The van der Waals surface area contributed by atoms with Crippen LogP contribution in [0.25, 0.3) is 20.9 Å². The lowest BCUT2D eigenvalue weighted by Crippen LogP contribution is -2.28. The number of esters is 1. The Morgan fingerprint density at radius 3 is 2.40 bits per heavy atom. The summed E-state index contributed by atoms with van der Waals surface area (Å²) in [6, 6.07) is 0. The number of hydrogen-bond donors (Lipinski definition) is 1. The fraction of sp³-hybridized carbons (Fsp3) is 0.778. The third-order valence-corrected chi connectivity index (χ3v) is 1.83. The number of amides is 1. The third-order valence-electron chi connectivity index (χ3n) is 1.83. The second kappa shape index (κ2) is 12.8. The maximum absolute atomic E-state index is 11.1. The lowest BCUT2D eigenvalue weighted by Gasteiger charge is -2.06. The smallest absolute Gasteiger partial charge is 0.407 e. The first kappa shape index (κ1) is 17.4. The van der Waals surface area contributed by atoms with Crippen molar-refractivity contribution in [3.63, 3.8) is 0 Å². The van der Waals surface area contributed by atoms with Crippen LogP contribution in [0.4, 0.5) is 4.79 Å². The number of nitrogens with zero attached hydrogens (tertiary/aromatic N) is 6. The molecule has 0 saturated heterocycles. The van der Waals surface area contributed by atoms with E-state index >= 15 is 0 Å². The average Bonchev–Trinajstić information content (AvgIpc) is 2.44. The molecule has 0 unspecified atom stereocenters. The summed E-state index contributed by atoms with van der Waals surface area (Å²) >= 11 is 0. The summed E-state index contributed by atoms with van der Waals surface area (Å²) in [6.07, 6.45) is -0.140. The maximum Gasteiger partial charge on any atom is 0.407 e. The minimum atomic E-state index is -0.683. The molecule has 110 valence electrons. The quantitative estimate of drug-likeness (QED) is 0.212. The highest BCUT2D eigenvalue weighted by molar-refractivity contribution is 5.69. The molecule has 20 heavy (non-hydrogen) atoms. The molecular formula is C9H15N7O4. The van der Waals surface area contributed by atoms with E-state index in [2.05, 4.69) is 30.1 Å². The van der Waals surface area contributed by atoms with Gasteiger partial charge in [0.05, 0.1) is 0 Å². The predicted octanol–water partition coefficient (Wildman–Crippen LogP) is 1.66. The molecule has 0 fully saturated rings. The standard InChI is InChI=1S/C9H15N7O4/c10-15-13-3-1-2-8(17)19-6-7-20-9(18)12-4-5-14-16-11/h1-7H2,(H,12,18). The lowest BCUT2D eigenvalue weighted by atomic mass is 10.3. The first-order valence-electron chi connectivity index (χ1n) is 5.78. The van der Waals surface area contributed by atoms with Gasteiger partial charge < -0.3 is 14.8 Å². The molecule has 0 atom stereocenters. The van der Waals surface area contributed by atoms with E-state index in [1.54, 1.807) is 0 Å². The summed E-state index contributed by atoms with van der Waals surface area (Å²) in [4.78, 5) is 27.2. The van der Waals surface area contributed by atoms with E-state index in [0.29, 0.717) is 6.42 Å². The highest BCUT2D eigenvalue weighted by Gasteiger charge is 2.04. The summed E-state index contributed by atoms with van der Waals surface area (Å²) in [5.74, 6) is -0.453. The zero-order chi connectivity index (χ0) is 15.1. The largest absolute Gasteiger partial charge is 0.462 e. The number of ether oxygens (including phenoxy) is 2. The van der Waals surface area contributed by atoms with Crippen LogP contribution >= 0.6 is 0 Å². The molecule has 0 rings (SSSR count). The van der Waals surface area contributed by atoms with Crippen molar-refractivity contribution < 1.29 is 19.1 Å². The second-order valence-corrected chi connectivity index (χ2v) is 3.30. The molecule has 1 N–H and O–H groups in total. The number of nitrogens with one attached hydrogen (secondary N) is 1. The minimum absolute atomic E-state index is 0.0515. The number of rotatable bonds is 10. The van der Waals surface area contributed by atoms with Crippen molar-refractivity contribution in [2.45, 2.75) is 12.8 Å². The molecule has 0 aromatic carbocycles. The van der Waals surface area contributed by atoms with Crippen LogP contribution in [0.2, 0.25) is 0 Å². The number of azide groups is 2. The van der Waals surface area contributed by atoms with E-state index in [0.717, 1.165) is 0 Å². The maximum atomic E-state index is 11.1. The van der Waals surface area contributed by atoms with Crippen LogP contribution in [0.15, 0.2) is 10.2 Å². The Hall–Kier alpha value is -2.64. The SMILES string of the molecule is [N-]=[N+]=NCCCC(=O)OCCOC(=O)NCCN=[N+]=[N-]. The van der Waals surface area contributed by atoms with E-state index in [-0.39, 0.29) is 39.3 Å². The van der Waals surface area contributed by atoms with E-state index in [1.165, 1.54) is 0 Å². The molecule has 0 aliphatic carbocycles. The van der Waals surface area contributed by atoms with Gasteiger partial charge in [0.2, 0.25) is 0 Å². The zero-order valence-electron chi connectivity index (χ0n) is 10.8. The van der Waals surface area contributed by atoms with Crippen LogP contribution < -0.4 is 5.32 Å². The van der Waals surface area contributed by atoms with E-state index in [9.17, 15) is 9.59 Å². The molecule has 0 aliphatic heterocycles. The normalized spacial score (nSPS) is 8.80. The van der Waals surface area contributed by atoms with Crippen molar-refractivity contribution in [2.24, 2.45) is 10.2 Å². The van der Waals surface area contributed by atoms with E-state index < -0.39 is 12.1 Å². The van der Waals surface area contributed by atoms with Gasteiger partial charge in [-0.2, -0.15) is 0 Å². The fourth-order valence-corrected chi connectivity index (χ4v) is 1.00. The molecule has 0 bridgehead atoms. The zero-order valence-corrected chi connectivity index (χ0v) is 10.8. The van der Waals surface area contributed by atoms with E-state index in [1.807, 2.05) is 0 Å². The Morgan fingerprint density at radius 1 is 1.05 bits per heavy atom. The summed E-state index contributed by atoms with van der Waals surface area (Å²) in [7, 11) is 0. The predicted molar refractivity (Wildman–Crippen MR) is 67.6 cm³/mol.